The van der Waals surface area contributed by atoms with Crippen LogP contribution in [0.4, 0.5) is 0 Å². The molecule has 1 aliphatic rings. The fourth-order valence-electron chi connectivity index (χ4n) is 2.64. The van der Waals surface area contributed by atoms with Gasteiger partial charge in [0.05, 0.1) is 18.7 Å². The number of ether oxygens (including phenoxy) is 1. The largest absolute Gasteiger partial charge is 0.494 e. The maximum Gasteiger partial charge on any atom is 0.227 e. The predicted octanol–water partition coefficient (Wildman–Crippen LogP) is 2.00. The van der Waals surface area contributed by atoms with Gasteiger partial charge in [0.25, 0.3) is 0 Å². The minimum atomic E-state index is 0.138. The van der Waals surface area contributed by atoms with Crippen LogP contribution in [-0.4, -0.2) is 33.9 Å². The van der Waals surface area contributed by atoms with Crippen molar-refractivity contribution in [2.75, 3.05) is 13.2 Å². The van der Waals surface area contributed by atoms with E-state index in [-0.39, 0.29) is 5.91 Å². The Kier molecular flexibility index (Phi) is 4.32. The molecule has 0 fully saturated rings. The Balaban J connectivity index is 1.63. The number of nitrogens with zero attached hydrogens (tertiary/aromatic N) is 3. The third-order valence-electron chi connectivity index (χ3n) is 3.80. The molecule has 5 nitrogen and oxygen atoms in total. The number of benzene rings is 1. The van der Waals surface area contributed by atoms with E-state index in [1.165, 1.54) is 0 Å². The van der Waals surface area contributed by atoms with E-state index in [0.717, 1.165) is 35.5 Å². The smallest absolute Gasteiger partial charge is 0.227 e. The summed E-state index contributed by atoms with van der Waals surface area (Å²) in [7, 11) is 0. The topological polar surface area (TPSA) is 55.3 Å². The molecule has 0 unspecified atom stereocenters. The Bertz CT molecular complexity index is 655. The van der Waals surface area contributed by atoms with Crippen LogP contribution in [0.1, 0.15) is 23.7 Å². The van der Waals surface area contributed by atoms with Crippen LogP contribution in [0.25, 0.3) is 0 Å². The van der Waals surface area contributed by atoms with E-state index < -0.39 is 0 Å². The average molecular weight is 297 g/mol. The Hall–Kier alpha value is -2.43. The molecule has 0 N–H and O–H groups in total. The lowest BCUT2D eigenvalue weighted by molar-refractivity contribution is -0.131. The molecule has 0 saturated carbocycles. The molecule has 0 saturated heterocycles. The highest BCUT2D eigenvalue weighted by Gasteiger charge is 2.21. The lowest BCUT2D eigenvalue weighted by Gasteiger charge is -2.28. The maximum absolute atomic E-state index is 12.4. The van der Waals surface area contributed by atoms with Gasteiger partial charge in [0.15, 0.2) is 0 Å². The maximum atomic E-state index is 12.4. The lowest BCUT2D eigenvalue weighted by atomic mass is 10.1. The van der Waals surface area contributed by atoms with E-state index in [4.69, 9.17) is 4.74 Å². The van der Waals surface area contributed by atoms with Crippen molar-refractivity contribution < 1.29 is 9.53 Å². The Morgan fingerprint density at radius 3 is 2.91 bits per heavy atom. The molecule has 0 bridgehead atoms. The summed E-state index contributed by atoms with van der Waals surface area (Å²) in [6.45, 7) is 3.93. The quantitative estimate of drug-likeness (QED) is 0.866. The van der Waals surface area contributed by atoms with E-state index >= 15 is 0 Å². The summed E-state index contributed by atoms with van der Waals surface area (Å²) in [6.07, 6.45) is 4.58. The molecular weight excluding hydrogens is 278 g/mol. The molecule has 3 rings (SSSR count). The summed E-state index contributed by atoms with van der Waals surface area (Å²) in [5.41, 5.74) is 3.11. The highest BCUT2D eigenvalue weighted by atomic mass is 16.5. The van der Waals surface area contributed by atoms with E-state index in [0.29, 0.717) is 19.6 Å². The number of carbonyl (C=O) groups is 1. The second kappa shape index (κ2) is 6.56. The minimum absolute atomic E-state index is 0.138. The van der Waals surface area contributed by atoms with Gasteiger partial charge in [-0.1, -0.05) is 12.1 Å². The van der Waals surface area contributed by atoms with Gasteiger partial charge >= 0.3 is 0 Å². The van der Waals surface area contributed by atoms with Gasteiger partial charge in [0.1, 0.15) is 12.1 Å². The van der Waals surface area contributed by atoms with E-state index in [1.54, 1.807) is 12.5 Å². The van der Waals surface area contributed by atoms with Crippen molar-refractivity contribution >= 4 is 5.91 Å². The van der Waals surface area contributed by atoms with Crippen molar-refractivity contribution in [3.05, 3.63) is 53.6 Å². The SMILES string of the molecule is CCOc1ccc(CC(=O)N2CCc3ncncc3C2)cc1. The van der Waals surface area contributed by atoms with Crippen LogP contribution in [0.5, 0.6) is 5.75 Å². The molecule has 114 valence electrons. The first-order chi connectivity index (χ1) is 10.8. The highest BCUT2D eigenvalue weighted by Crippen LogP contribution is 2.18. The fraction of sp³-hybridized carbons (Fsp3) is 0.353. The molecule has 0 aliphatic carbocycles. The summed E-state index contributed by atoms with van der Waals surface area (Å²) in [5, 5.41) is 0. The summed E-state index contributed by atoms with van der Waals surface area (Å²) < 4.78 is 5.41. The number of hydrogen-bond donors (Lipinski definition) is 0. The van der Waals surface area contributed by atoms with E-state index in [9.17, 15) is 4.79 Å². The van der Waals surface area contributed by atoms with Crippen LogP contribution >= 0.6 is 0 Å². The van der Waals surface area contributed by atoms with Gasteiger partial charge in [-0.3, -0.25) is 4.79 Å². The molecule has 2 heterocycles. The van der Waals surface area contributed by atoms with Gasteiger partial charge in [-0.05, 0) is 24.6 Å². The standard InChI is InChI=1S/C17H19N3O2/c1-2-22-15-5-3-13(4-6-15)9-17(21)20-8-7-16-14(11-20)10-18-12-19-16/h3-6,10,12H,2,7-9,11H2,1H3. The first kappa shape index (κ1) is 14.5. The zero-order valence-corrected chi connectivity index (χ0v) is 12.7. The third-order valence-corrected chi connectivity index (χ3v) is 3.80. The number of amides is 1. The monoisotopic (exact) mass is 297 g/mol. The van der Waals surface area contributed by atoms with Crippen molar-refractivity contribution in [2.45, 2.75) is 26.3 Å². The highest BCUT2D eigenvalue weighted by molar-refractivity contribution is 5.79. The van der Waals surface area contributed by atoms with Crippen molar-refractivity contribution in [3.8, 4) is 5.75 Å². The number of aromatic nitrogens is 2. The van der Waals surface area contributed by atoms with Gasteiger partial charge < -0.3 is 9.64 Å². The molecule has 1 amide bonds. The van der Waals surface area contributed by atoms with Crippen LogP contribution in [0, 0.1) is 0 Å². The van der Waals surface area contributed by atoms with Crippen molar-refractivity contribution in [1.82, 2.24) is 14.9 Å². The minimum Gasteiger partial charge on any atom is -0.494 e. The van der Waals surface area contributed by atoms with Gasteiger partial charge in [-0.25, -0.2) is 9.97 Å². The molecule has 5 heteroatoms. The zero-order chi connectivity index (χ0) is 15.4. The molecule has 0 atom stereocenters. The van der Waals surface area contributed by atoms with E-state index in [2.05, 4.69) is 9.97 Å². The second-order valence-electron chi connectivity index (χ2n) is 5.31. The van der Waals surface area contributed by atoms with Crippen molar-refractivity contribution in [1.29, 1.82) is 0 Å². The summed E-state index contributed by atoms with van der Waals surface area (Å²) in [4.78, 5) is 22.6. The second-order valence-corrected chi connectivity index (χ2v) is 5.31. The zero-order valence-electron chi connectivity index (χ0n) is 12.7. The summed E-state index contributed by atoms with van der Waals surface area (Å²) in [5.74, 6) is 0.974. The van der Waals surface area contributed by atoms with Crippen LogP contribution in [0.2, 0.25) is 0 Å². The molecule has 2 aromatic rings. The number of rotatable bonds is 4. The summed E-state index contributed by atoms with van der Waals surface area (Å²) >= 11 is 0. The first-order valence-corrected chi connectivity index (χ1v) is 7.53. The molecule has 1 aliphatic heterocycles. The van der Waals surface area contributed by atoms with Crippen LogP contribution in [0.3, 0.4) is 0 Å². The van der Waals surface area contributed by atoms with Crippen LogP contribution in [-0.2, 0) is 24.2 Å². The van der Waals surface area contributed by atoms with Gasteiger partial charge in [0, 0.05) is 31.3 Å². The predicted molar refractivity (Wildman–Crippen MR) is 82.5 cm³/mol. The Morgan fingerprint density at radius 1 is 1.32 bits per heavy atom. The molecule has 0 radical (unpaired) electrons. The van der Waals surface area contributed by atoms with Gasteiger partial charge in [0.2, 0.25) is 5.91 Å². The number of carbonyl (C=O) groups excluding carboxylic acids is 1. The molecule has 1 aromatic heterocycles. The summed E-state index contributed by atoms with van der Waals surface area (Å²) in [6, 6.07) is 7.71. The van der Waals surface area contributed by atoms with Crippen LogP contribution < -0.4 is 4.74 Å². The molecule has 22 heavy (non-hydrogen) atoms. The molecule has 0 spiro atoms. The van der Waals surface area contributed by atoms with Crippen molar-refractivity contribution in [2.24, 2.45) is 0 Å². The van der Waals surface area contributed by atoms with Gasteiger partial charge in [-0.2, -0.15) is 0 Å². The van der Waals surface area contributed by atoms with Gasteiger partial charge in [-0.15, -0.1) is 0 Å². The lowest BCUT2D eigenvalue weighted by Crippen LogP contribution is -2.37. The fourth-order valence-corrected chi connectivity index (χ4v) is 2.64. The Labute approximate surface area is 130 Å². The first-order valence-electron chi connectivity index (χ1n) is 7.53. The average Bonchev–Trinajstić information content (AvgIpc) is 2.56. The Morgan fingerprint density at radius 2 is 2.14 bits per heavy atom. The molecular formula is C17H19N3O2. The van der Waals surface area contributed by atoms with Crippen molar-refractivity contribution in [3.63, 3.8) is 0 Å². The third kappa shape index (κ3) is 3.24. The number of fused-ring (bicyclic) bond motifs is 1. The number of hydrogen-bond acceptors (Lipinski definition) is 4. The normalized spacial score (nSPS) is 13.6. The van der Waals surface area contributed by atoms with E-state index in [1.807, 2.05) is 36.1 Å². The molecule has 1 aromatic carbocycles. The van der Waals surface area contributed by atoms with Crippen LogP contribution in [0.15, 0.2) is 36.8 Å².